The molecule has 0 radical (unpaired) electrons. The van der Waals surface area contributed by atoms with Crippen LogP contribution in [0.4, 0.5) is 23.0 Å². The van der Waals surface area contributed by atoms with E-state index in [9.17, 15) is 4.79 Å². The molecule has 1 fully saturated rings. The highest BCUT2D eigenvalue weighted by Gasteiger charge is 2.33. The van der Waals surface area contributed by atoms with E-state index in [0.717, 1.165) is 36.0 Å². The molecular formula is C18H22N6O2. The van der Waals surface area contributed by atoms with E-state index in [-0.39, 0.29) is 11.9 Å². The SMILES string of the molecule is CNc1cc(Nc2ccc3c(c2)OC[C@H]2CN(C(C)=O)CCN32)ncn1. The average Bonchev–Trinajstić information content (AvgIpc) is 2.67. The van der Waals surface area contributed by atoms with Gasteiger partial charge in [-0.15, -0.1) is 0 Å². The Morgan fingerprint density at radius 1 is 1.23 bits per heavy atom. The smallest absolute Gasteiger partial charge is 0.219 e. The Hall–Kier alpha value is -3.03. The summed E-state index contributed by atoms with van der Waals surface area (Å²) in [6, 6.07) is 8.12. The minimum Gasteiger partial charge on any atom is -0.489 e. The molecule has 0 spiro atoms. The lowest BCUT2D eigenvalue weighted by molar-refractivity contribution is -0.129. The van der Waals surface area contributed by atoms with Gasteiger partial charge in [0.15, 0.2) is 0 Å². The van der Waals surface area contributed by atoms with Crippen molar-refractivity contribution < 1.29 is 9.53 Å². The molecule has 0 bridgehead atoms. The van der Waals surface area contributed by atoms with Gasteiger partial charge in [0.25, 0.3) is 0 Å². The summed E-state index contributed by atoms with van der Waals surface area (Å²) >= 11 is 0. The standard InChI is InChI=1S/C18H22N6O2/c1-12(25)23-5-6-24-14(9-23)10-26-16-7-13(3-4-15(16)24)22-18-8-17(19-2)20-11-21-18/h3-4,7-8,11,14H,5-6,9-10H2,1-2H3,(H2,19,20,21,22)/t14-/m1/s1. The maximum absolute atomic E-state index is 11.6. The minimum absolute atomic E-state index is 0.126. The number of aromatic nitrogens is 2. The summed E-state index contributed by atoms with van der Waals surface area (Å²) in [5.74, 6) is 2.45. The zero-order valence-electron chi connectivity index (χ0n) is 14.9. The number of amides is 1. The van der Waals surface area contributed by atoms with E-state index in [1.54, 1.807) is 6.92 Å². The van der Waals surface area contributed by atoms with E-state index < -0.39 is 0 Å². The number of ether oxygens (including phenoxy) is 1. The van der Waals surface area contributed by atoms with Gasteiger partial charge in [-0.3, -0.25) is 4.79 Å². The van der Waals surface area contributed by atoms with Gasteiger partial charge < -0.3 is 25.2 Å². The Labute approximate surface area is 152 Å². The van der Waals surface area contributed by atoms with Crippen molar-refractivity contribution in [2.75, 3.05) is 48.8 Å². The quantitative estimate of drug-likeness (QED) is 0.868. The Bertz CT molecular complexity index is 827. The lowest BCUT2D eigenvalue weighted by Gasteiger charge is -2.45. The van der Waals surface area contributed by atoms with E-state index >= 15 is 0 Å². The van der Waals surface area contributed by atoms with Crippen LogP contribution in [0.25, 0.3) is 0 Å². The van der Waals surface area contributed by atoms with E-state index in [2.05, 4.69) is 31.6 Å². The molecule has 1 saturated heterocycles. The number of carbonyl (C=O) groups is 1. The van der Waals surface area contributed by atoms with Crippen molar-refractivity contribution in [3.8, 4) is 5.75 Å². The number of nitrogens with one attached hydrogen (secondary N) is 2. The van der Waals surface area contributed by atoms with Gasteiger partial charge in [0.05, 0.1) is 11.7 Å². The third-order valence-electron chi connectivity index (χ3n) is 4.82. The fraction of sp³-hybridized carbons (Fsp3) is 0.389. The molecule has 0 unspecified atom stereocenters. The lowest BCUT2D eigenvalue weighted by Crippen LogP contribution is -2.58. The summed E-state index contributed by atoms with van der Waals surface area (Å²) in [5, 5.41) is 6.28. The number of piperazine rings is 1. The first kappa shape index (κ1) is 16.4. The average molecular weight is 354 g/mol. The van der Waals surface area contributed by atoms with Gasteiger partial charge in [-0.25, -0.2) is 9.97 Å². The van der Waals surface area contributed by atoms with Crippen molar-refractivity contribution in [3.05, 3.63) is 30.6 Å². The van der Waals surface area contributed by atoms with Crippen LogP contribution in [0.3, 0.4) is 0 Å². The molecule has 8 nitrogen and oxygen atoms in total. The van der Waals surface area contributed by atoms with E-state index in [1.807, 2.05) is 30.1 Å². The highest BCUT2D eigenvalue weighted by atomic mass is 16.5. The zero-order valence-corrected chi connectivity index (χ0v) is 14.9. The summed E-state index contributed by atoms with van der Waals surface area (Å²) in [6.45, 7) is 4.49. The number of nitrogens with zero attached hydrogens (tertiary/aromatic N) is 4. The summed E-state index contributed by atoms with van der Waals surface area (Å²) < 4.78 is 5.98. The predicted molar refractivity (Wildman–Crippen MR) is 100 cm³/mol. The van der Waals surface area contributed by atoms with Gasteiger partial charge in [0.2, 0.25) is 5.91 Å². The van der Waals surface area contributed by atoms with Crippen LogP contribution in [0.2, 0.25) is 0 Å². The summed E-state index contributed by atoms with van der Waals surface area (Å²) in [5.41, 5.74) is 1.99. The maximum atomic E-state index is 11.6. The summed E-state index contributed by atoms with van der Waals surface area (Å²) in [6.07, 6.45) is 1.52. The molecular weight excluding hydrogens is 332 g/mol. The Morgan fingerprint density at radius 2 is 2.08 bits per heavy atom. The van der Waals surface area contributed by atoms with Crippen LogP contribution >= 0.6 is 0 Å². The van der Waals surface area contributed by atoms with Gasteiger partial charge in [0.1, 0.15) is 30.3 Å². The fourth-order valence-corrected chi connectivity index (χ4v) is 3.44. The van der Waals surface area contributed by atoms with Gasteiger partial charge in [-0.1, -0.05) is 0 Å². The molecule has 2 aliphatic rings. The van der Waals surface area contributed by atoms with Gasteiger partial charge in [-0.2, -0.15) is 0 Å². The normalized spacial score (nSPS) is 18.5. The Morgan fingerprint density at radius 3 is 2.88 bits per heavy atom. The maximum Gasteiger partial charge on any atom is 0.219 e. The third-order valence-corrected chi connectivity index (χ3v) is 4.82. The molecule has 1 aromatic heterocycles. The highest BCUT2D eigenvalue weighted by Crippen LogP contribution is 2.37. The summed E-state index contributed by atoms with van der Waals surface area (Å²) in [4.78, 5) is 24.2. The Balaban J connectivity index is 1.52. The zero-order chi connectivity index (χ0) is 18.1. The van der Waals surface area contributed by atoms with Crippen LogP contribution in [-0.2, 0) is 4.79 Å². The number of hydrogen-bond acceptors (Lipinski definition) is 7. The molecule has 0 saturated carbocycles. The third kappa shape index (κ3) is 3.10. The highest BCUT2D eigenvalue weighted by molar-refractivity contribution is 5.74. The molecule has 4 rings (SSSR count). The molecule has 3 heterocycles. The first-order valence-electron chi connectivity index (χ1n) is 8.70. The first-order valence-corrected chi connectivity index (χ1v) is 8.70. The summed E-state index contributed by atoms with van der Waals surface area (Å²) in [7, 11) is 1.82. The largest absolute Gasteiger partial charge is 0.489 e. The van der Waals surface area contributed by atoms with E-state index in [4.69, 9.17) is 4.74 Å². The van der Waals surface area contributed by atoms with Crippen molar-refractivity contribution in [2.45, 2.75) is 13.0 Å². The van der Waals surface area contributed by atoms with Crippen molar-refractivity contribution in [1.82, 2.24) is 14.9 Å². The minimum atomic E-state index is 0.126. The van der Waals surface area contributed by atoms with E-state index in [1.165, 1.54) is 6.33 Å². The lowest BCUT2D eigenvalue weighted by atomic mass is 10.1. The number of benzene rings is 1. The van der Waals surface area contributed by atoms with Crippen LogP contribution in [0, 0.1) is 0 Å². The molecule has 1 atom stereocenters. The molecule has 2 aliphatic heterocycles. The first-order chi connectivity index (χ1) is 12.6. The molecule has 1 aromatic carbocycles. The number of anilines is 4. The topological polar surface area (TPSA) is 82.6 Å². The van der Waals surface area contributed by atoms with Gasteiger partial charge >= 0.3 is 0 Å². The molecule has 0 aliphatic carbocycles. The van der Waals surface area contributed by atoms with Crippen LogP contribution in [0.15, 0.2) is 30.6 Å². The van der Waals surface area contributed by atoms with Crippen LogP contribution < -0.4 is 20.3 Å². The molecule has 2 N–H and O–H groups in total. The van der Waals surface area contributed by atoms with Crippen molar-refractivity contribution in [2.24, 2.45) is 0 Å². The fourth-order valence-electron chi connectivity index (χ4n) is 3.44. The van der Waals surface area contributed by atoms with Gasteiger partial charge in [-0.05, 0) is 12.1 Å². The molecule has 136 valence electrons. The van der Waals surface area contributed by atoms with Crippen LogP contribution in [0.5, 0.6) is 5.75 Å². The van der Waals surface area contributed by atoms with Gasteiger partial charge in [0, 0.05) is 51.4 Å². The monoisotopic (exact) mass is 354 g/mol. The van der Waals surface area contributed by atoms with E-state index in [0.29, 0.717) is 19.0 Å². The number of fused-ring (bicyclic) bond motifs is 3. The second-order valence-corrected chi connectivity index (χ2v) is 6.47. The van der Waals surface area contributed by atoms with Crippen molar-refractivity contribution in [3.63, 3.8) is 0 Å². The molecule has 2 aromatic rings. The second-order valence-electron chi connectivity index (χ2n) is 6.47. The number of hydrogen-bond donors (Lipinski definition) is 2. The molecule has 1 amide bonds. The number of rotatable bonds is 3. The van der Waals surface area contributed by atoms with Crippen LogP contribution in [0.1, 0.15) is 6.92 Å². The van der Waals surface area contributed by atoms with Crippen molar-refractivity contribution in [1.29, 1.82) is 0 Å². The number of carbonyl (C=O) groups excluding carboxylic acids is 1. The second kappa shape index (κ2) is 6.70. The molecule has 26 heavy (non-hydrogen) atoms. The molecule has 8 heteroatoms. The Kier molecular flexibility index (Phi) is 4.24. The van der Waals surface area contributed by atoms with Crippen LogP contribution in [-0.4, -0.2) is 60.1 Å². The predicted octanol–water partition coefficient (Wildman–Crippen LogP) is 1.69. The van der Waals surface area contributed by atoms with Crippen molar-refractivity contribution >= 4 is 28.9 Å².